The number of benzene rings is 1. The Morgan fingerprint density at radius 3 is 2.62 bits per heavy atom. The molecule has 0 saturated heterocycles. The maximum atomic E-state index is 5.56. The molecule has 0 N–H and O–H groups in total. The fourth-order valence-electron chi connectivity index (χ4n) is 1.18. The van der Waals surface area contributed by atoms with Crippen LogP contribution in [0.3, 0.4) is 0 Å². The van der Waals surface area contributed by atoms with Crippen molar-refractivity contribution in [3.63, 3.8) is 0 Å². The van der Waals surface area contributed by atoms with Crippen molar-refractivity contribution < 1.29 is 9.47 Å². The molecule has 1 aromatic rings. The predicted octanol–water partition coefficient (Wildman–Crippen LogP) is 4.16. The van der Waals surface area contributed by atoms with Crippen molar-refractivity contribution in [2.24, 2.45) is 0 Å². The molecule has 0 atom stereocenters. The second kappa shape index (κ2) is 5.39. The lowest BCUT2D eigenvalue weighted by Gasteiger charge is -2.22. The van der Waals surface area contributed by atoms with E-state index in [-0.39, 0.29) is 5.60 Å². The lowest BCUT2D eigenvalue weighted by Crippen LogP contribution is -2.20. The van der Waals surface area contributed by atoms with Crippen molar-refractivity contribution in [1.82, 2.24) is 0 Å². The summed E-state index contributed by atoms with van der Waals surface area (Å²) >= 11 is 3.38. The first kappa shape index (κ1) is 13.1. The van der Waals surface area contributed by atoms with Crippen LogP contribution in [0.5, 0.6) is 5.75 Å². The minimum absolute atomic E-state index is 0.224. The summed E-state index contributed by atoms with van der Waals surface area (Å²) in [5.74, 6) is 1.43. The fraction of sp³-hybridized carbons (Fsp3) is 0.385. The van der Waals surface area contributed by atoms with E-state index in [9.17, 15) is 0 Å². The maximum absolute atomic E-state index is 5.56. The van der Waals surface area contributed by atoms with Crippen molar-refractivity contribution >= 4 is 15.9 Å². The quantitative estimate of drug-likeness (QED) is 0.773. The zero-order valence-corrected chi connectivity index (χ0v) is 11.5. The highest BCUT2D eigenvalue weighted by molar-refractivity contribution is 9.10. The van der Waals surface area contributed by atoms with Gasteiger partial charge in [-0.2, -0.15) is 0 Å². The van der Waals surface area contributed by atoms with Gasteiger partial charge in [0.05, 0.1) is 0 Å². The predicted molar refractivity (Wildman–Crippen MR) is 69.6 cm³/mol. The van der Waals surface area contributed by atoms with E-state index in [0.717, 1.165) is 10.2 Å². The molecule has 0 radical (unpaired) electrons. The molecule has 0 aromatic heterocycles. The van der Waals surface area contributed by atoms with Crippen LogP contribution in [0.2, 0.25) is 0 Å². The van der Waals surface area contributed by atoms with Crippen LogP contribution < -0.4 is 4.74 Å². The number of halogens is 1. The van der Waals surface area contributed by atoms with Gasteiger partial charge in [-0.1, -0.05) is 28.6 Å². The van der Waals surface area contributed by atoms with Gasteiger partial charge in [-0.15, -0.1) is 0 Å². The van der Waals surface area contributed by atoms with Crippen molar-refractivity contribution in [2.45, 2.75) is 26.4 Å². The van der Waals surface area contributed by atoms with Gasteiger partial charge in [0.15, 0.2) is 0 Å². The summed E-state index contributed by atoms with van der Waals surface area (Å²) in [5.41, 5.74) is -0.224. The molecule has 0 spiro atoms. The molecule has 16 heavy (non-hydrogen) atoms. The molecule has 0 aliphatic heterocycles. The topological polar surface area (TPSA) is 18.5 Å². The first-order valence-electron chi connectivity index (χ1n) is 5.12. The summed E-state index contributed by atoms with van der Waals surface area (Å²) in [6.07, 6.45) is 0. The van der Waals surface area contributed by atoms with Crippen LogP contribution >= 0.6 is 15.9 Å². The van der Waals surface area contributed by atoms with Crippen LogP contribution in [0, 0.1) is 0 Å². The van der Waals surface area contributed by atoms with Crippen molar-refractivity contribution in [3.05, 3.63) is 41.1 Å². The monoisotopic (exact) mass is 284 g/mol. The van der Waals surface area contributed by atoms with Crippen LogP contribution in [-0.4, -0.2) is 12.2 Å². The highest BCUT2D eigenvalue weighted by Gasteiger charge is 2.12. The number of hydrogen-bond donors (Lipinski definition) is 0. The molecule has 0 saturated carbocycles. The van der Waals surface area contributed by atoms with Gasteiger partial charge in [-0.3, -0.25) is 0 Å². The van der Waals surface area contributed by atoms with E-state index in [4.69, 9.17) is 9.47 Å². The van der Waals surface area contributed by atoms with E-state index in [0.29, 0.717) is 12.4 Å². The molecule has 2 nitrogen and oxygen atoms in total. The zero-order chi connectivity index (χ0) is 12.2. The Morgan fingerprint density at radius 2 is 2.06 bits per heavy atom. The van der Waals surface area contributed by atoms with Crippen molar-refractivity contribution in [3.8, 4) is 5.75 Å². The van der Waals surface area contributed by atoms with Gasteiger partial charge in [0.25, 0.3) is 0 Å². The van der Waals surface area contributed by atoms with E-state index in [1.54, 1.807) is 0 Å². The molecular formula is C13H17BrO2. The molecule has 0 aliphatic carbocycles. The van der Waals surface area contributed by atoms with E-state index < -0.39 is 0 Å². The molecule has 1 aromatic carbocycles. The Hall–Kier alpha value is -0.960. The summed E-state index contributed by atoms with van der Waals surface area (Å²) in [6, 6.07) is 7.68. The minimum atomic E-state index is -0.224. The summed E-state index contributed by atoms with van der Waals surface area (Å²) in [4.78, 5) is 0. The van der Waals surface area contributed by atoms with Gasteiger partial charge < -0.3 is 9.47 Å². The third-order valence-corrected chi connectivity index (χ3v) is 2.14. The molecule has 1 rings (SSSR count). The third-order valence-electron chi connectivity index (χ3n) is 1.65. The average molecular weight is 285 g/mol. The van der Waals surface area contributed by atoms with E-state index >= 15 is 0 Å². The molecule has 0 unspecified atom stereocenters. The van der Waals surface area contributed by atoms with Gasteiger partial charge in [0.1, 0.15) is 23.7 Å². The van der Waals surface area contributed by atoms with E-state index in [1.165, 1.54) is 0 Å². The minimum Gasteiger partial charge on any atom is -0.489 e. The van der Waals surface area contributed by atoms with E-state index in [1.807, 2.05) is 45.0 Å². The molecule has 88 valence electrons. The number of rotatable bonds is 4. The van der Waals surface area contributed by atoms with Gasteiger partial charge in [0, 0.05) is 4.47 Å². The average Bonchev–Trinajstić information content (AvgIpc) is 2.12. The third kappa shape index (κ3) is 5.21. The summed E-state index contributed by atoms with van der Waals surface area (Å²) in [7, 11) is 0. The van der Waals surface area contributed by atoms with Crippen molar-refractivity contribution in [1.29, 1.82) is 0 Å². The second-order valence-electron chi connectivity index (χ2n) is 4.50. The molecule has 0 fully saturated rings. The highest BCUT2D eigenvalue weighted by Crippen LogP contribution is 2.19. The summed E-state index contributed by atoms with van der Waals surface area (Å²) in [5, 5.41) is 0. The summed E-state index contributed by atoms with van der Waals surface area (Å²) in [6.45, 7) is 10.1. The highest BCUT2D eigenvalue weighted by atomic mass is 79.9. The Balaban J connectivity index is 2.43. The Labute approximate surface area is 105 Å². The molecular weight excluding hydrogens is 268 g/mol. The normalized spacial score (nSPS) is 11.0. The summed E-state index contributed by atoms with van der Waals surface area (Å²) < 4.78 is 12.1. The van der Waals surface area contributed by atoms with Crippen LogP contribution in [0.15, 0.2) is 41.1 Å². The molecule has 3 heteroatoms. The lowest BCUT2D eigenvalue weighted by atomic mass is 10.2. The maximum Gasteiger partial charge on any atom is 0.145 e. The molecule has 0 aliphatic rings. The SMILES string of the molecule is C=C(COc1cccc(Br)c1)OC(C)(C)C. The van der Waals surface area contributed by atoms with Crippen molar-refractivity contribution in [2.75, 3.05) is 6.61 Å². The first-order chi connectivity index (χ1) is 7.37. The fourth-order valence-corrected chi connectivity index (χ4v) is 1.56. The van der Waals surface area contributed by atoms with Gasteiger partial charge in [-0.25, -0.2) is 0 Å². The zero-order valence-electron chi connectivity index (χ0n) is 9.92. The Morgan fingerprint density at radius 1 is 1.38 bits per heavy atom. The van der Waals surface area contributed by atoms with Crippen LogP contribution in [-0.2, 0) is 4.74 Å². The first-order valence-corrected chi connectivity index (χ1v) is 5.91. The number of ether oxygens (including phenoxy) is 2. The van der Waals surface area contributed by atoms with Gasteiger partial charge in [0.2, 0.25) is 0 Å². The largest absolute Gasteiger partial charge is 0.489 e. The lowest BCUT2D eigenvalue weighted by molar-refractivity contribution is 0.0374. The van der Waals surface area contributed by atoms with Crippen LogP contribution in [0.1, 0.15) is 20.8 Å². The molecule has 0 heterocycles. The van der Waals surface area contributed by atoms with E-state index in [2.05, 4.69) is 22.5 Å². The smallest absolute Gasteiger partial charge is 0.145 e. The molecule has 0 amide bonds. The number of hydrogen-bond acceptors (Lipinski definition) is 2. The Kier molecular flexibility index (Phi) is 4.42. The Bertz CT molecular complexity index is 366. The second-order valence-corrected chi connectivity index (χ2v) is 5.41. The van der Waals surface area contributed by atoms with Crippen LogP contribution in [0.4, 0.5) is 0 Å². The van der Waals surface area contributed by atoms with Gasteiger partial charge in [-0.05, 0) is 39.0 Å². The standard InChI is InChI=1S/C13H17BrO2/c1-10(16-13(2,3)4)9-15-12-7-5-6-11(14)8-12/h5-8H,1,9H2,2-4H3. The van der Waals surface area contributed by atoms with Crippen LogP contribution in [0.25, 0.3) is 0 Å². The molecule has 0 bridgehead atoms. The van der Waals surface area contributed by atoms with Gasteiger partial charge >= 0.3 is 0 Å².